The van der Waals surface area contributed by atoms with Crippen LogP contribution in [0.4, 0.5) is 5.69 Å². The zero-order chi connectivity index (χ0) is 22.0. The summed E-state index contributed by atoms with van der Waals surface area (Å²) in [4.78, 5) is 28.4. The third kappa shape index (κ3) is 4.01. The Balaban J connectivity index is 1.65. The molecule has 2 heterocycles. The average molecular weight is 421 g/mol. The van der Waals surface area contributed by atoms with Crippen LogP contribution in [-0.2, 0) is 7.05 Å². The molecule has 1 saturated heterocycles. The molecule has 1 aromatic heterocycles. The first kappa shape index (κ1) is 20.9. The Bertz CT molecular complexity index is 1170. The van der Waals surface area contributed by atoms with Gasteiger partial charge in [0, 0.05) is 44.3 Å². The van der Waals surface area contributed by atoms with Gasteiger partial charge in [0.15, 0.2) is 5.75 Å². The molecule has 2 aromatic carbocycles. The van der Waals surface area contributed by atoms with Crippen molar-refractivity contribution >= 4 is 22.5 Å². The molecular formula is C24H28N4O3. The molecule has 1 aliphatic rings. The normalized spacial score (nSPS) is 15.0. The van der Waals surface area contributed by atoms with Crippen molar-refractivity contribution in [2.45, 2.75) is 13.0 Å². The van der Waals surface area contributed by atoms with Gasteiger partial charge in [0.25, 0.3) is 11.5 Å². The Morgan fingerprint density at radius 3 is 2.61 bits per heavy atom. The monoisotopic (exact) mass is 420 g/mol. The Labute approximate surface area is 181 Å². The molecule has 1 aliphatic heterocycles. The van der Waals surface area contributed by atoms with Crippen LogP contribution < -0.4 is 25.8 Å². The highest BCUT2D eigenvalue weighted by atomic mass is 16.5. The first-order valence-electron chi connectivity index (χ1n) is 10.5. The number of carbonyl (C=O) groups excluding carboxylic acids is 1. The number of rotatable bonds is 5. The van der Waals surface area contributed by atoms with Crippen molar-refractivity contribution in [1.82, 2.24) is 15.2 Å². The molecule has 1 atom stereocenters. The molecule has 31 heavy (non-hydrogen) atoms. The highest BCUT2D eigenvalue weighted by Crippen LogP contribution is 2.26. The number of piperazine rings is 1. The van der Waals surface area contributed by atoms with Gasteiger partial charge in [0.05, 0.1) is 24.2 Å². The van der Waals surface area contributed by atoms with Crippen LogP contribution in [0.5, 0.6) is 5.75 Å². The van der Waals surface area contributed by atoms with E-state index >= 15 is 0 Å². The van der Waals surface area contributed by atoms with Gasteiger partial charge in [-0.3, -0.25) is 9.59 Å². The zero-order valence-corrected chi connectivity index (χ0v) is 18.1. The third-order valence-electron chi connectivity index (χ3n) is 5.89. The molecule has 3 aromatic rings. The number of para-hydroxylation sites is 1. The second-order valence-corrected chi connectivity index (χ2v) is 7.82. The number of benzene rings is 2. The van der Waals surface area contributed by atoms with Crippen molar-refractivity contribution in [2.24, 2.45) is 7.05 Å². The van der Waals surface area contributed by atoms with E-state index in [0.29, 0.717) is 10.9 Å². The van der Waals surface area contributed by atoms with Gasteiger partial charge in [-0.1, -0.05) is 30.3 Å². The topological polar surface area (TPSA) is 75.6 Å². The number of hydrogen-bond donors (Lipinski definition) is 2. The quantitative estimate of drug-likeness (QED) is 0.663. The molecule has 7 nitrogen and oxygen atoms in total. The number of carbonyl (C=O) groups is 1. The first-order chi connectivity index (χ1) is 15.0. The fourth-order valence-electron chi connectivity index (χ4n) is 4.15. The van der Waals surface area contributed by atoms with Crippen LogP contribution in [0.2, 0.25) is 0 Å². The third-order valence-corrected chi connectivity index (χ3v) is 5.89. The molecule has 1 fully saturated rings. The van der Waals surface area contributed by atoms with Crippen molar-refractivity contribution in [3.63, 3.8) is 0 Å². The smallest absolute Gasteiger partial charge is 0.293 e. The Hall–Kier alpha value is -3.32. The molecule has 2 N–H and O–H groups in total. The van der Waals surface area contributed by atoms with E-state index in [4.69, 9.17) is 4.74 Å². The van der Waals surface area contributed by atoms with Crippen molar-refractivity contribution < 1.29 is 9.53 Å². The summed E-state index contributed by atoms with van der Waals surface area (Å²) < 4.78 is 6.87. The number of fused-ring (bicyclic) bond motifs is 1. The van der Waals surface area contributed by atoms with Gasteiger partial charge in [0.1, 0.15) is 0 Å². The number of aryl methyl sites for hydroxylation is 1. The summed E-state index contributed by atoms with van der Waals surface area (Å²) in [6.45, 7) is 5.80. The predicted octanol–water partition coefficient (Wildman–Crippen LogP) is 2.45. The number of hydrogen-bond acceptors (Lipinski definition) is 5. The summed E-state index contributed by atoms with van der Waals surface area (Å²) >= 11 is 0. The van der Waals surface area contributed by atoms with E-state index < -0.39 is 0 Å². The minimum Gasteiger partial charge on any atom is -0.490 e. The van der Waals surface area contributed by atoms with Crippen LogP contribution in [0.15, 0.2) is 53.3 Å². The number of nitrogens with one attached hydrogen (secondary N) is 2. The van der Waals surface area contributed by atoms with Crippen LogP contribution in [0, 0.1) is 0 Å². The Morgan fingerprint density at radius 2 is 1.87 bits per heavy atom. The summed E-state index contributed by atoms with van der Waals surface area (Å²) in [5.41, 5.74) is 2.78. The first-order valence-corrected chi connectivity index (χ1v) is 10.5. The molecule has 0 radical (unpaired) electrons. The highest BCUT2D eigenvalue weighted by Gasteiger charge is 2.23. The van der Waals surface area contributed by atoms with E-state index in [1.54, 1.807) is 7.05 Å². The molecule has 1 amide bonds. The molecule has 162 valence electrons. The highest BCUT2D eigenvalue weighted by molar-refractivity contribution is 6.08. The molecule has 0 spiro atoms. The van der Waals surface area contributed by atoms with Crippen molar-refractivity contribution in [1.29, 1.82) is 0 Å². The lowest BCUT2D eigenvalue weighted by Crippen LogP contribution is -2.43. The van der Waals surface area contributed by atoms with E-state index in [0.717, 1.165) is 37.4 Å². The van der Waals surface area contributed by atoms with E-state index in [9.17, 15) is 9.59 Å². The van der Waals surface area contributed by atoms with Crippen LogP contribution in [0.1, 0.15) is 28.9 Å². The van der Waals surface area contributed by atoms with E-state index in [1.165, 1.54) is 11.7 Å². The Morgan fingerprint density at radius 1 is 1.13 bits per heavy atom. The Kier molecular flexibility index (Phi) is 5.95. The van der Waals surface area contributed by atoms with Crippen LogP contribution in [0.25, 0.3) is 10.9 Å². The standard InChI is InChI=1S/C24H28N4O3/c1-16(17-7-6-8-18(15-17)28-13-11-25-12-14-28)26-23(29)21-19-9-4-5-10-20(19)27(2)24(30)22(21)31-3/h4-10,15-16,25H,11-14H2,1-3H3,(H,26,29)/t16-/m1/s1. The minimum atomic E-state index is -0.334. The summed E-state index contributed by atoms with van der Waals surface area (Å²) in [5.74, 6) is -0.272. The van der Waals surface area contributed by atoms with Crippen molar-refractivity contribution in [3.8, 4) is 5.75 Å². The maximum atomic E-state index is 13.3. The fraction of sp³-hybridized carbons (Fsp3) is 0.333. The van der Waals surface area contributed by atoms with Crippen LogP contribution in [-0.4, -0.2) is 43.8 Å². The number of pyridine rings is 1. The van der Waals surface area contributed by atoms with E-state index in [1.807, 2.05) is 43.3 Å². The van der Waals surface area contributed by atoms with Gasteiger partial charge in [-0.2, -0.15) is 0 Å². The molecule has 0 bridgehead atoms. The fourth-order valence-corrected chi connectivity index (χ4v) is 4.15. The molecule has 4 rings (SSSR count). The summed E-state index contributed by atoms with van der Waals surface area (Å²) in [5, 5.41) is 7.10. The number of nitrogens with zero attached hydrogens (tertiary/aromatic N) is 2. The second kappa shape index (κ2) is 8.81. The SMILES string of the molecule is COc1c(C(=O)N[C@H](C)c2cccc(N3CCNCC3)c2)c2ccccc2n(C)c1=O. The second-order valence-electron chi connectivity index (χ2n) is 7.82. The van der Waals surface area contributed by atoms with Gasteiger partial charge in [-0.25, -0.2) is 0 Å². The number of methoxy groups -OCH3 is 1. The largest absolute Gasteiger partial charge is 0.490 e. The lowest BCUT2D eigenvalue weighted by atomic mass is 10.0. The molecule has 7 heteroatoms. The van der Waals surface area contributed by atoms with Gasteiger partial charge in [0.2, 0.25) is 0 Å². The maximum Gasteiger partial charge on any atom is 0.293 e. The number of amides is 1. The lowest BCUT2D eigenvalue weighted by molar-refractivity contribution is 0.0938. The molecule has 0 unspecified atom stereocenters. The van der Waals surface area contributed by atoms with Crippen LogP contribution in [0.3, 0.4) is 0 Å². The summed E-state index contributed by atoms with van der Waals surface area (Å²) in [7, 11) is 3.10. The lowest BCUT2D eigenvalue weighted by Gasteiger charge is -2.30. The minimum absolute atomic E-state index is 0.0560. The number of ether oxygens (including phenoxy) is 1. The molecule has 0 aliphatic carbocycles. The number of anilines is 1. The molecule has 0 saturated carbocycles. The van der Waals surface area contributed by atoms with E-state index in [2.05, 4.69) is 27.7 Å². The van der Waals surface area contributed by atoms with Gasteiger partial charge in [-0.15, -0.1) is 0 Å². The van der Waals surface area contributed by atoms with Gasteiger partial charge >= 0.3 is 0 Å². The van der Waals surface area contributed by atoms with E-state index in [-0.39, 0.29) is 28.8 Å². The molecular weight excluding hydrogens is 392 g/mol. The average Bonchev–Trinajstić information content (AvgIpc) is 2.81. The van der Waals surface area contributed by atoms with Gasteiger partial charge < -0.3 is 24.8 Å². The van der Waals surface area contributed by atoms with Gasteiger partial charge in [-0.05, 0) is 30.7 Å². The summed E-state index contributed by atoms with van der Waals surface area (Å²) in [6.07, 6.45) is 0. The zero-order valence-electron chi connectivity index (χ0n) is 18.1. The summed E-state index contributed by atoms with van der Waals surface area (Å²) in [6, 6.07) is 15.4. The van der Waals surface area contributed by atoms with Crippen LogP contribution >= 0.6 is 0 Å². The van der Waals surface area contributed by atoms with Crippen molar-refractivity contribution in [3.05, 3.63) is 70.0 Å². The van der Waals surface area contributed by atoms with Crippen molar-refractivity contribution in [2.75, 3.05) is 38.2 Å². The predicted molar refractivity (Wildman–Crippen MR) is 123 cm³/mol. The maximum absolute atomic E-state index is 13.3. The number of aromatic nitrogens is 1.